The first kappa shape index (κ1) is 27.1. The predicted octanol–water partition coefficient (Wildman–Crippen LogP) is 5.08. The molecule has 0 aromatic heterocycles. The molecule has 0 saturated carbocycles. The summed E-state index contributed by atoms with van der Waals surface area (Å²) in [5.74, 6) is -0.103. The van der Waals surface area contributed by atoms with E-state index in [2.05, 4.69) is 21.2 Å². The van der Waals surface area contributed by atoms with E-state index < -0.39 is 16.1 Å². The van der Waals surface area contributed by atoms with Gasteiger partial charge in [-0.2, -0.15) is 0 Å². The van der Waals surface area contributed by atoms with Crippen molar-refractivity contribution in [3.05, 3.63) is 70.7 Å². The van der Waals surface area contributed by atoms with Gasteiger partial charge in [0.25, 0.3) is 10.0 Å². The van der Waals surface area contributed by atoms with E-state index >= 15 is 0 Å². The maximum Gasteiger partial charge on any atom is 0.265 e. The molecule has 37 heavy (non-hydrogen) atoms. The van der Waals surface area contributed by atoms with Crippen molar-refractivity contribution in [1.82, 2.24) is 10.2 Å². The Kier molecular flexibility index (Phi) is 8.23. The van der Waals surface area contributed by atoms with Crippen LogP contribution in [-0.4, -0.2) is 44.3 Å². The number of rotatable bonds is 10. The minimum absolute atomic E-state index is 0.122. The fraction of sp³-hybridized carbons (Fsp3) is 0.357. The first-order chi connectivity index (χ1) is 17.6. The number of hydrogen-bond acceptors (Lipinski definition) is 4. The van der Waals surface area contributed by atoms with Crippen molar-refractivity contribution in [1.29, 1.82) is 0 Å². The summed E-state index contributed by atoms with van der Waals surface area (Å²) in [5, 5.41) is 4.52. The van der Waals surface area contributed by atoms with Gasteiger partial charge in [0, 0.05) is 35.9 Å². The number of hydrogen-bond donors (Lipinski definition) is 1. The third-order valence-corrected chi connectivity index (χ3v) is 8.94. The summed E-state index contributed by atoms with van der Waals surface area (Å²) in [6.07, 6.45) is 0.455. The Morgan fingerprint density at radius 1 is 1.00 bits per heavy atom. The van der Waals surface area contributed by atoms with E-state index in [9.17, 15) is 18.0 Å². The molecule has 3 aromatic carbocycles. The topological polar surface area (TPSA) is 86.8 Å². The average molecular weight is 587 g/mol. The average Bonchev–Trinajstić information content (AvgIpc) is 3.09. The Hall–Kier alpha value is -2.91. The quantitative estimate of drug-likeness (QED) is 0.359. The summed E-state index contributed by atoms with van der Waals surface area (Å²) >= 11 is 3.43. The SMILES string of the molecule is CC(C)CNC(=O)[C@@H](C)N(Cc1ccc(Br)cc1)C(=O)CCCN1c2cccc3cccc(c23)S1(=O)=O. The van der Waals surface area contributed by atoms with Crippen LogP contribution >= 0.6 is 15.9 Å². The third-order valence-electron chi connectivity index (χ3n) is 6.55. The molecule has 7 nitrogen and oxygen atoms in total. The normalized spacial score (nSPS) is 14.7. The third kappa shape index (κ3) is 5.83. The van der Waals surface area contributed by atoms with Crippen molar-refractivity contribution >= 4 is 54.2 Å². The summed E-state index contributed by atoms with van der Waals surface area (Å²) < 4.78 is 28.8. The van der Waals surface area contributed by atoms with Crippen LogP contribution in [0.1, 0.15) is 39.2 Å². The van der Waals surface area contributed by atoms with Crippen molar-refractivity contribution in [2.24, 2.45) is 5.92 Å². The van der Waals surface area contributed by atoms with Crippen LogP contribution in [0.15, 0.2) is 70.0 Å². The minimum atomic E-state index is -3.67. The standard InChI is InChI=1S/C28H32BrN3O4S/c1-19(2)17-30-28(34)20(3)31(18-21-12-14-23(29)15-13-21)26(33)11-6-16-32-24-9-4-7-22-8-5-10-25(27(22)24)37(32,35)36/h4-5,7-10,12-15,19-20H,6,11,16-18H2,1-3H3,(H,30,34)/t20-/m1/s1. The van der Waals surface area contributed by atoms with E-state index in [1.54, 1.807) is 30.0 Å². The second kappa shape index (κ2) is 11.2. The maximum absolute atomic E-state index is 13.4. The van der Waals surface area contributed by atoms with Gasteiger partial charge >= 0.3 is 0 Å². The van der Waals surface area contributed by atoms with Gasteiger partial charge in [0.1, 0.15) is 6.04 Å². The van der Waals surface area contributed by atoms with E-state index in [1.807, 2.05) is 56.3 Å². The van der Waals surface area contributed by atoms with Crippen molar-refractivity contribution in [2.75, 3.05) is 17.4 Å². The Balaban J connectivity index is 1.48. The molecule has 1 aliphatic rings. The van der Waals surface area contributed by atoms with Crippen molar-refractivity contribution in [3.63, 3.8) is 0 Å². The second-order valence-electron chi connectivity index (χ2n) is 9.78. The summed E-state index contributed by atoms with van der Waals surface area (Å²) in [4.78, 5) is 28.1. The van der Waals surface area contributed by atoms with E-state index in [0.717, 1.165) is 20.8 Å². The molecule has 0 spiro atoms. The number of amides is 2. The molecule has 0 unspecified atom stereocenters. The largest absolute Gasteiger partial charge is 0.354 e. The zero-order valence-electron chi connectivity index (χ0n) is 21.3. The van der Waals surface area contributed by atoms with Crippen LogP contribution in [0.25, 0.3) is 10.8 Å². The number of carbonyl (C=O) groups excluding carboxylic acids is 2. The van der Waals surface area contributed by atoms with Gasteiger partial charge in [0.2, 0.25) is 11.8 Å². The number of sulfonamides is 1. The Bertz CT molecular complexity index is 1400. The monoisotopic (exact) mass is 585 g/mol. The van der Waals surface area contributed by atoms with Crippen LogP contribution in [0.3, 0.4) is 0 Å². The van der Waals surface area contributed by atoms with Gasteiger partial charge in [-0.1, -0.05) is 66.2 Å². The van der Waals surface area contributed by atoms with Crippen LogP contribution < -0.4 is 9.62 Å². The maximum atomic E-state index is 13.4. The molecule has 1 N–H and O–H groups in total. The Morgan fingerprint density at radius 2 is 1.68 bits per heavy atom. The van der Waals surface area contributed by atoms with Crippen LogP contribution in [-0.2, 0) is 26.2 Å². The lowest BCUT2D eigenvalue weighted by Gasteiger charge is -2.29. The zero-order valence-corrected chi connectivity index (χ0v) is 23.7. The van der Waals surface area contributed by atoms with Crippen LogP contribution in [0.4, 0.5) is 5.69 Å². The number of nitrogens with one attached hydrogen (secondary N) is 1. The van der Waals surface area contributed by atoms with Crippen LogP contribution in [0, 0.1) is 5.92 Å². The summed E-state index contributed by atoms with van der Waals surface area (Å²) in [6.45, 7) is 6.76. The minimum Gasteiger partial charge on any atom is -0.354 e. The number of nitrogens with zero attached hydrogens (tertiary/aromatic N) is 2. The van der Waals surface area contributed by atoms with E-state index in [4.69, 9.17) is 0 Å². The highest BCUT2D eigenvalue weighted by atomic mass is 79.9. The van der Waals surface area contributed by atoms with Crippen molar-refractivity contribution in [2.45, 2.75) is 51.1 Å². The number of anilines is 1. The highest BCUT2D eigenvalue weighted by Crippen LogP contribution is 2.42. The summed E-state index contributed by atoms with van der Waals surface area (Å²) in [7, 11) is -3.67. The molecule has 4 rings (SSSR count). The van der Waals surface area contributed by atoms with E-state index in [1.165, 1.54) is 4.31 Å². The summed E-state index contributed by atoms with van der Waals surface area (Å²) in [6, 6.07) is 17.8. The highest BCUT2D eigenvalue weighted by molar-refractivity contribution is 9.10. The molecular weight excluding hydrogens is 554 g/mol. The van der Waals surface area contributed by atoms with Gasteiger partial charge in [-0.05, 0) is 54.5 Å². The second-order valence-corrected chi connectivity index (χ2v) is 12.5. The zero-order chi connectivity index (χ0) is 26.7. The molecule has 0 fully saturated rings. The first-order valence-corrected chi connectivity index (χ1v) is 14.7. The first-order valence-electron chi connectivity index (χ1n) is 12.5. The lowest BCUT2D eigenvalue weighted by Crippen LogP contribution is -2.48. The van der Waals surface area contributed by atoms with Gasteiger partial charge in [0.05, 0.1) is 10.6 Å². The number of carbonyl (C=O) groups is 2. The van der Waals surface area contributed by atoms with Crippen LogP contribution in [0.5, 0.6) is 0 Å². The molecule has 0 radical (unpaired) electrons. The fourth-order valence-corrected chi connectivity index (χ4v) is 6.55. The van der Waals surface area contributed by atoms with Gasteiger partial charge < -0.3 is 10.2 Å². The highest BCUT2D eigenvalue weighted by Gasteiger charge is 2.35. The molecule has 2 amide bonds. The smallest absolute Gasteiger partial charge is 0.265 e. The number of halogens is 1. The molecular formula is C28H32BrN3O4S. The lowest BCUT2D eigenvalue weighted by molar-refractivity contribution is -0.140. The van der Waals surface area contributed by atoms with Crippen molar-refractivity contribution < 1.29 is 18.0 Å². The molecule has 0 bridgehead atoms. The van der Waals surface area contributed by atoms with Gasteiger partial charge in [0.15, 0.2) is 0 Å². The van der Waals surface area contributed by atoms with Gasteiger partial charge in [-0.25, -0.2) is 8.42 Å². The molecule has 3 aromatic rings. The van der Waals surface area contributed by atoms with E-state index in [0.29, 0.717) is 29.5 Å². The molecule has 1 atom stereocenters. The number of benzene rings is 3. The van der Waals surface area contributed by atoms with Crippen LogP contribution in [0.2, 0.25) is 0 Å². The van der Waals surface area contributed by atoms with E-state index in [-0.39, 0.29) is 31.3 Å². The Labute approximate surface area is 227 Å². The Morgan fingerprint density at radius 3 is 2.35 bits per heavy atom. The lowest BCUT2D eigenvalue weighted by atomic mass is 10.1. The molecule has 9 heteroatoms. The molecule has 1 aliphatic heterocycles. The molecule has 0 aliphatic carbocycles. The molecule has 0 saturated heterocycles. The van der Waals surface area contributed by atoms with Gasteiger partial charge in [-0.15, -0.1) is 0 Å². The summed E-state index contributed by atoms with van der Waals surface area (Å²) in [5.41, 5.74) is 1.55. The fourth-order valence-electron chi connectivity index (χ4n) is 4.54. The predicted molar refractivity (Wildman–Crippen MR) is 150 cm³/mol. The van der Waals surface area contributed by atoms with Crippen molar-refractivity contribution in [3.8, 4) is 0 Å². The van der Waals surface area contributed by atoms with Gasteiger partial charge in [-0.3, -0.25) is 13.9 Å². The molecule has 196 valence electrons. The molecule has 1 heterocycles.